The highest BCUT2D eigenvalue weighted by Crippen LogP contribution is 2.07. The van der Waals surface area contributed by atoms with Crippen molar-refractivity contribution >= 4 is 17.2 Å². The number of hydrogen-bond donors (Lipinski definition) is 0. The molecule has 0 spiro atoms. The number of benzene rings is 1. The van der Waals surface area contributed by atoms with Crippen molar-refractivity contribution in [2.45, 2.75) is 6.54 Å². The van der Waals surface area contributed by atoms with Crippen molar-refractivity contribution in [1.29, 1.82) is 0 Å². The zero-order valence-corrected chi connectivity index (χ0v) is 12.2. The van der Waals surface area contributed by atoms with E-state index in [1.807, 2.05) is 57.9 Å². The second-order valence-electron chi connectivity index (χ2n) is 4.60. The van der Waals surface area contributed by atoms with Gasteiger partial charge in [0.05, 0.1) is 5.56 Å². The van der Waals surface area contributed by atoms with E-state index >= 15 is 0 Å². The SMILES string of the molecule is O=C(N=c1ccccn1Cc1ccccc1)c1ccsc1. The van der Waals surface area contributed by atoms with Crippen molar-refractivity contribution < 1.29 is 4.79 Å². The first-order chi connectivity index (χ1) is 10.3. The molecule has 21 heavy (non-hydrogen) atoms. The summed E-state index contributed by atoms with van der Waals surface area (Å²) in [6, 6.07) is 17.6. The van der Waals surface area contributed by atoms with E-state index in [4.69, 9.17) is 0 Å². The number of carbonyl (C=O) groups is 1. The molecule has 0 radical (unpaired) electrons. The van der Waals surface area contributed by atoms with E-state index in [0.29, 0.717) is 17.6 Å². The summed E-state index contributed by atoms with van der Waals surface area (Å²) < 4.78 is 1.97. The zero-order valence-electron chi connectivity index (χ0n) is 11.3. The summed E-state index contributed by atoms with van der Waals surface area (Å²) in [5.74, 6) is -0.204. The first kappa shape index (κ1) is 13.5. The van der Waals surface area contributed by atoms with Crippen molar-refractivity contribution in [3.63, 3.8) is 0 Å². The van der Waals surface area contributed by atoms with Gasteiger partial charge in [0, 0.05) is 18.1 Å². The fourth-order valence-corrected chi connectivity index (χ4v) is 2.67. The second kappa shape index (κ2) is 6.33. The lowest BCUT2D eigenvalue weighted by molar-refractivity contribution is 0.0997. The van der Waals surface area contributed by atoms with Gasteiger partial charge in [0.15, 0.2) is 0 Å². The van der Waals surface area contributed by atoms with Gasteiger partial charge in [-0.1, -0.05) is 36.4 Å². The van der Waals surface area contributed by atoms with E-state index in [-0.39, 0.29) is 5.91 Å². The number of pyridine rings is 1. The van der Waals surface area contributed by atoms with Gasteiger partial charge in [0.25, 0.3) is 5.91 Å². The summed E-state index contributed by atoms with van der Waals surface area (Å²) in [4.78, 5) is 16.3. The van der Waals surface area contributed by atoms with Crippen LogP contribution in [0.3, 0.4) is 0 Å². The third kappa shape index (κ3) is 3.35. The number of carbonyl (C=O) groups excluding carboxylic acids is 1. The van der Waals surface area contributed by atoms with Crippen molar-refractivity contribution in [1.82, 2.24) is 4.57 Å². The number of rotatable bonds is 3. The van der Waals surface area contributed by atoms with E-state index in [0.717, 1.165) is 0 Å². The Morgan fingerprint density at radius 1 is 1.05 bits per heavy atom. The highest BCUT2D eigenvalue weighted by molar-refractivity contribution is 7.08. The molecule has 0 N–H and O–H groups in total. The molecule has 0 aliphatic carbocycles. The molecule has 104 valence electrons. The molecule has 3 aromatic rings. The minimum Gasteiger partial charge on any atom is -0.328 e. The van der Waals surface area contributed by atoms with Crippen molar-refractivity contribution in [3.8, 4) is 0 Å². The third-order valence-corrected chi connectivity index (χ3v) is 3.78. The number of hydrogen-bond acceptors (Lipinski definition) is 2. The predicted molar refractivity (Wildman–Crippen MR) is 84.2 cm³/mol. The first-order valence-corrected chi connectivity index (χ1v) is 7.58. The lowest BCUT2D eigenvalue weighted by Gasteiger charge is -2.07. The van der Waals surface area contributed by atoms with Gasteiger partial charge in [-0.15, -0.1) is 0 Å². The van der Waals surface area contributed by atoms with Crippen LogP contribution >= 0.6 is 11.3 Å². The molecular weight excluding hydrogens is 280 g/mol. The van der Waals surface area contributed by atoms with Gasteiger partial charge in [-0.05, 0) is 29.1 Å². The smallest absolute Gasteiger partial charge is 0.279 e. The van der Waals surface area contributed by atoms with Gasteiger partial charge >= 0.3 is 0 Å². The van der Waals surface area contributed by atoms with Crippen LogP contribution < -0.4 is 5.49 Å². The average molecular weight is 294 g/mol. The molecule has 3 rings (SSSR count). The monoisotopic (exact) mass is 294 g/mol. The van der Waals surface area contributed by atoms with Crippen LogP contribution in [-0.4, -0.2) is 10.5 Å². The lowest BCUT2D eigenvalue weighted by atomic mass is 10.2. The van der Waals surface area contributed by atoms with Crippen molar-refractivity contribution in [2.75, 3.05) is 0 Å². The van der Waals surface area contributed by atoms with E-state index in [2.05, 4.69) is 17.1 Å². The van der Waals surface area contributed by atoms with Gasteiger partial charge in [-0.2, -0.15) is 16.3 Å². The molecule has 4 heteroatoms. The lowest BCUT2D eigenvalue weighted by Crippen LogP contribution is -2.22. The maximum Gasteiger partial charge on any atom is 0.279 e. The summed E-state index contributed by atoms with van der Waals surface area (Å²) in [5.41, 5.74) is 2.47. The van der Waals surface area contributed by atoms with Crippen LogP contribution in [-0.2, 0) is 6.54 Å². The fraction of sp³-hybridized carbons (Fsp3) is 0.0588. The van der Waals surface area contributed by atoms with Crippen molar-refractivity contribution in [3.05, 3.63) is 88.2 Å². The number of nitrogens with zero attached hydrogens (tertiary/aromatic N) is 2. The van der Waals surface area contributed by atoms with Gasteiger partial charge in [0.1, 0.15) is 5.49 Å². The Bertz CT molecular complexity index is 789. The first-order valence-electron chi connectivity index (χ1n) is 6.63. The van der Waals surface area contributed by atoms with Crippen LogP contribution in [0.25, 0.3) is 0 Å². The van der Waals surface area contributed by atoms with E-state index < -0.39 is 0 Å². The van der Waals surface area contributed by atoms with E-state index in [9.17, 15) is 4.79 Å². The standard InChI is InChI=1S/C17H14N2OS/c20-17(15-9-11-21-13-15)18-16-8-4-5-10-19(16)12-14-6-2-1-3-7-14/h1-11,13H,12H2. The quantitative estimate of drug-likeness (QED) is 0.729. The summed E-state index contributed by atoms with van der Waals surface area (Å²) >= 11 is 1.50. The van der Waals surface area contributed by atoms with Crippen LogP contribution in [0.15, 0.2) is 76.5 Å². The van der Waals surface area contributed by atoms with Crippen LogP contribution in [0.4, 0.5) is 0 Å². The molecule has 1 amide bonds. The van der Waals surface area contributed by atoms with Gasteiger partial charge in [-0.3, -0.25) is 4.79 Å². The molecule has 3 nitrogen and oxygen atoms in total. The average Bonchev–Trinajstić information content (AvgIpc) is 3.05. The molecular formula is C17H14N2OS. The Kier molecular flexibility index (Phi) is 4.07. The third-order valence-electron chi connectivity index (χ3n) is 3.10. The van der Waals surface area contributed by atoms with Gasteiger partial charge in [-0.25, -0.2) is 0 Å². The van der Waals surface area contributed by atoms with Crippen molar-refractivity contribution in [2.24, 2.45) is 4.99 Å². The molecule has 0 unspecified atom stereocenters. The Morgan fingerprint density at radius 3 is 2.62 bits per heavy atom. The normalized spacial score (nSPS) is 11.5. The molecule has 1 aromatic carbocycles. The van der Waals surface area contributed by atoms with Gasteiger partial charge in [0.2, 0.25) is 0 Å². The Hall–Kier alpha value is -2.46. The topological polar surface area (TPSA) is 34.4 Å². The fourth-order valence-electron chi connectivity index (χ4n) is 2.04. The molecule has 0 aliphatic heterocycles. The summed E-state index contributed by atoms with van der Waals surface area (Å²) in [7, 11) is 0. The van der Waals surface area contributed by atoms with Crippen LogP contribution in [0, 0.1) is 0 Å². The maximum atomic E-state index is 12.1. The molecule has 0 aliphatic rings. The number of thiophene rings is 1. The van der Waals surface area contributed by atoms with Crippen LogP contribution in [0.1, 0.15) is 15.9 Å². The largest absolute Gasteiger partial charge is 0.328 e. The Labute approximate surface area is 126 Å². The number of amides is 1. The van der Waals surface area contributed by atoms with Crippen LogP contribution in [0.2, 0.25) is 0 Å². The molecule has 0 fully saturated rings. The Morgan fingerprint density at radius 2 is 1.86 bits per heavy atom. The summed E-state index contributed by atoms with van der Waals surface area (Å²) in [5, 5.41) is 3.70. The number of aromatic nitrogens is 1. The zero-order chi connectivity index (χ0) is 14.5. The summed E-state index contributed by atoms with van der Waals surface area (Å²) in [6.07, 6.45) is 1.94. The minimum atomic E-state index is -0.204. The minimum absolute atomic E-state index is 0.204. The van der Waals surface area contributed by atoms with Gasteiger partial charge < -0.3 is 4.57 Å². The summed E-state index contributed by atoms with van der Waals surface area (Å²) in [6.45, 7) is 0.692. The molecule has 2 heterocycles. The van der Waals surface area contributed by atoms with Crippen LogP contribution in [0.5, 0.6) is 0 Å². The highest BCUT2D eigenvalue weighted by atomic mass is 32.1. The molecule has 0 saturated carbocycles. The molecule has 0 bridgehead atoms. The highest BCUT2D eigenvalue weighted by Gasteiger charge is 2.04. The molecule has 2 aromatic heterocycles. The van der Waals surface area contributed by atoms with E-state index in [1.165, 1.54) is 16.9 Å². The Balaban J connectivity index is 1.94. The molecule has 0 atom stereocenters. The molecule has 0 saturated heterocycles. The maximum absolute atomic E-state index is 12.1. The second-order valence-corrected chi connectivity index (χ2v) is 5.38. The van der Waals surface area contributed by atoms with E-state index in [1.54, 1.807) is 6.07 Å². The predicted octanol–water partition coefficient (Wildman–Crippen LogP) is 3.34.